The molecule has 2 rings (SSSR count). The number of carbonyl (C=O) groups is 1. The van der Waals surface area contributed by atoms with Gasteiger partial charge in [-0.25, -0.2) is 0 Å². The van der Waals surface area contributed by atoms with Crippen molar-refractivity contribution in [2.45, 2.75) is 48.6 Å². The minimum absolute atomic E-state index is 0.323. The van der Waals surface area contributed by atoms with Gasteiger partial charge in [-0.3, -0.25) is 4.79 Å². The van der Waals surface area contributed by atoms with E-state index < -0.39 is 54.6 Å². The Labute approximate surface area is 193 Å². The Bertz CT molecular complexity index is 1050. The fourth-order valence-corrected chi connectivity index (χ4v) is 2.75. The maximum atomic E-state index is 13.8. The first-order valence-electron chi connectivity index (χ1n) is 9.51. The van der Waals surface area contributed by atoms with Crippen molar-refractivity contribution in [1.82, 2.24) is 0 Å². The largest absolute Gasteiger partial charge is 0.460 e. The molecule has 0 spiro atoms. The number of rotatable bonds is 9. The molecule has 2 aromatic rings. The van der Waals surface area contributed by atoms with Crippen LogP contribution in [0.4, 0.5) is 57.1 Å². The number of ether oxygens (including phenoxy) is 1. The number of hydrogen-bond donors (Lipinski definition) is 0. The molecule has 0 saturated carbocycles. The molecule has 2 aromatic carbocycles. The predicted molar refractivity (Wildman–Crippen MR) is 97.5 cm³/mol. The summed E-state index contributed by atoms with van der Waals surface area (Å²) in [5, 5.41) is 0. The molecule has 0 atom stereocenters. The molecule has 0 fully saturated rings. The third kappa shape index (κ3) is 5.09. The molecule has 200 valence electrons. The van der Waals surface area contributed by atoms with Crippen molar-refractivity contribution in [2.75, 3.05) is 0 Å². The van der Waals surface area contributed by atoms with Gasteiger partial charge in [0.25, 0.3) is 0 Å². The lowest BCUT2D eigenvalue weighted by Gasteiger charge is -2.39. The molecule has 0 aromatic heterocycles. The van der Waals surface area contributed by atoms with Crippen LogP contribution in [0.15, 0.2) is 54.6 Å². The van der Waals surface area contributed by atoms with Crippen LogP contribution in [0.1, 0.15) is 12.8 Å². The fourth-order valence-electron chi connectivity index (χ4n) is 2.75. The highest BCUT2D eigenvalue weighted by molar-refractivity contribution is 5.73. The number of hydrogen-bond acceptors (Lipinski definition) is 2. The molecular weight excluding hydrogens is 531 g/mol. The average Bonchev–Trinajstić information content (AvgIpc) is 2.77. The number of halogens is 13. The van der Waals surface area contributed by atoms with Crippen LogP contribution in [0.25, 0.3) is 11.1 Å². The van der Waals surface area contributed by atoms with Gasteiger partial charge in [0.05, 0.1) is 6.42 Å². The van der Waals surface area contributed by atoms with Crippen LogP contribution in [0, 0.1) is 0 Å². The Morgan fingerprint density at radius 2 is 1.03 bits per heavy atom. The summed E-state index contributed by atoms with van der Waals surface area (Å²) < 4.78 is 175. The van der Waals surface area contributed by atoms with Crippen LogP contribution in [0.3, 0.4) is 0 Å². The van der Waals surface area contributed by atoms with Gasteiger partial charge in [-0.15, -0.1) is 0 Å². The number of alkyl halides is 13. The van der Waals surface area contributed by atoms with E-state index in [-0.39, 0.29) is 5.75 Å². The highest BCUT2D eigenvalue weighted by atomic mass is 19.4. The minimum atomic E-state index is -7.98. The van der Waals surface area contributed by atoms with Crippen LogP contribution in [0.2, 0.25) is 0 Å². The fraction of sp³-hybridized carbons (Fsp3) is 0.381. The SMILES string of the molecule is O=C(CCC(F)(F)C(F)(F)C(F)(F)C(F)(F)C(F)(F)C(F)(F)F)Oc1ccc(-c2ccccc2)cc1. The molecule has 0 radical (unpaired) electrons. The summed E-state index contributed by atoms with van der Waals surface area (Å²) >= 11 is 0. The second-order valence-corrected chi connectivity index (χ2v) is 7.36. The quantitative estimate of drug-likeness (QED) is 0.183. The molecule has 0 aliphatic carbocycles. The van der Waals surface area contributed by atoms with Crippen LogP contribution in [-0.2, 0) is 4.79 Å². The molecule has 0 aliphatic heterocycles. The van der Waals surface area contributed by atoms with E-state index in [1.807, 2.05) is 0 Å². The lowest BCUT2D eigenvalue weighted by atomic mass is 9.92. The van der Waals surface area contributed by atoms with Gasteiger partial charge in [-0.05, 0) is 23.3 Å². The number of esters is 1. The van der Waals surface area contributed by atoms with Gasteiger partial charge in [0.15, 0.2) is 0 Å². The maximum Gasteiger partial charge on any atom is 0.460 e. The van der Waals surface area contributed by atoms with Gasteiger partial charge in [0, 0.05) is 6.42 Å². The second kappa shape index (κ2) is 9.47. The first kappa shape index (κ1) is 29.2. The second-order valence-electron chi connectivity index (χ2n) is 7.36. The van der Waals surface area contributed by atoms with E-state index in [2.05, 4.69) is 4.74 Å². The molecule has 0 saturated heterocycles. The van der Waals surface area contributed by atoms with Crippen molar-refractivity contribution in [1.29, 1.82) is 0 Å². The van der Waals surface area contributed by atoms with Gasteiger partial charge in [0.2, 0.25) is 0 Å². The number of carbonyl (C=O) groups excluding carboxylic acids is 1. The van der Waals surface area contributed by atoms with Crippen LogP contribution in [-0.4, -0.2) is 41.8 Å². The topological polar surface area (TPSA) is 26.3 Å². The Morgan fingerprint density at radius 3 is 1.50 bits per heavy atom. The molecular formula is C21H13F13O2. The summed E-state index contributed by atoms with van der Waals surface area (Å²) in [6, 6.07) is 13.6. The van der Waals surface area contributed by atoms with Crippen LogP contribution < -0.4 is 4.74 Å². The summed E-state index contributed by atoms with van der Waals surface area (Å²) in [7, 11) is 0. The van der Waals surface area contributed by atoms with Crippen LogP contribution >= 0.6 is 0 Å². The predicted octanol–water partition coefficient (Wildman–Crippen LogP) is 7.78. The molecule has 0 amide bonds. The van der Waals surface area contributed by atoms with Crippen molar-refractivity contribution in [2.24, 2.45) is 0 Å². The smallest absolute Gasteiger partial charge is 0.427 e. The van der Waals surface area contributed by atoms with Crippen LogP contribution in [0.5, 0.6) is 5.75 Å². The van der Waals surface area contributed by atoms with E-state index in [0.717, 1.165) is 12.1 Å². The molecule has 0 aliphatic rings. The van der Waals surface area contributed by atoms with E-state index in [1.165, 1.54) is 12.1 Å². The van der Waals surface area contributed by atoms with E-state index >= 15 is 0 Å². The van der Waals surface area contributed by atoms with E-state index in [4.69, 9.17) is 0 Å². The highest BCUT2D eigenvalue weighted by Crippen LogP contribution is 2.60. The third-order valence-electron chi connectivity index (χ3n) is 4.83. The summed E-state index contributed by atoms with van der Waals surface area (Å²) in [5.41, 5.74) is 1.31. The van der Waals surface area contributed by atoms with E-state index in [0.29, 0.717) is 11.1 Å². The van der Waals surface area contributed by atoms with Crippen molar-refractivity contribution in [3.05, 3.63) is 54.6 Å². The van der Waals surface area contributed by atoms with Gasteiger partial charge >= 0.3 is 41.8 Å². The summed E-state index contributed by atoms with van der Waals surface area (Å²) in [5.74, 6) is -39.5. The summed E-state index contributed by atoms with van der Waals surface area (Å²) in [6.07, 6.45) is -11.9. The maximum absolute atomic E-state index is 13.8. The monoisotopic (exact) mass is 544 g/mol. The minimum Gasteiger partial charge on any atom is -0.427 e. The zero-order valence-electron chi connectivity index (χ0n) is 17.3. The summed E-state index contributed by atoms with van der Waals surface area (Å²) in [6.45, 7) is 0. The Kier molecular flexibility index (Phi) is 7.69. The average molecular weight is 544 g/mol. The van der Waals surface area contributed by atoms with Gasteiger partial charge in [0.1, 0.15) is 5.75 Å². The van der Waals surface area contributed by atoms with Crippen molar-refractivity contribution >= 4 is 5.97 Å². The van der Waals surface area contributed by atoms with Gasteiger partial charge in [-0.2, -0.15) is 57.1 Å². The zero-order valence-corrected chi connectivity index (χ0v) is 17.3. The lowest BCUT2D eigenvalue weighted by molar-refractivity contribution is -0.440. The number of benzene rings is 2. The first-order valence-corrected chi connectivity index (χ1v) is 9.51. The van der Waals surface area contributed by atoms with E-state index in [1.54, 1.807) is 30.3 Å². The van der Waals surface area contributed by atoms with Crippen molar-refractivity contribution in [3.8, 4) is 16.9 Å². The molecule has 15 heteroatoms. The molecule has 0 N–H and O–H groups in total. The molecule has 2 nitrogen and oxygen atoms in total. The highest BCUT2D eigenvalue weighted by Gasteiger charge is 2.90. The summed E-state index contributed by atoms with van der Waals surface area (Å²) in [4.78, 5) is 11.7. The first-order chi connectivity index (χ1) is 16.2. The lowest BCUT2D eigenvalue weighted by Crippen LogP contribution is -2.70. The Morgan fingerprint density at radius 1 is 0.583 bits per heavy atom. The third-order valence-corrected chi connectivity index (χ3v) is 4.83. The van der Waals surface area contributed by atoms with E-state index in [9.17, 15) is 61.9 Å². The molecule has 0 heterocycles. The van der Waals surface area contributed by atoms with Gasteiger partial charge < -0.3 is 4.74 Å². The van der Waals surface area contributed by atoms with Crippen molar-refractivity contribution in [3.63, 3.8) is 0 Å². The molecule has 0 unspecified atom stereocenters. The Balaban J connectivity index is 2.13. The standard InChI is InChI=1S/C21H13F13O2/c22-16(23,17(24,25)18(26,27)19(28,29)20(30,31)21(32,33)34)11-10-15(35)36-14-8-6-13(7-9-14)12-4-2-1-3-5-12/h1-9H,10-11H2. The molecule has 0 bridgehead atoms. The van der Waals surface area contributed by atoms with Crippen molar-refractivity contribution < 1.29 is 66.6 Å². The Hall–Kier alpha value is -3.00. The van der Waals surface area contributed by atoms with Gasteiger partial charge in [-0.1, -0.05) is 42.5 Å². The molecule has 36 heavy (non-hydrogen) atoms. The normalized spacial score (nSPS) is 14.0. The zero-order chi connectivity index (χ0) is 27.8.